The van der Waals surface area contributed by atoms with Gasteiger partial charge in [0, 0.05) is 17.5 Å². The lowest BCUT2D eigenvalue weighted by atomic mass is 10.1. The van der Waals surface area contributed by atoms with Crippen LogP contribution in [0.15, 0.2) is 0 Å². The summed E-state index contributed by atoms with van der Waals surface area (Å²) in [5, 5.41) is 12.0. The average Bonchev–Trinajstić information content (AvgIpc) is 2.62. The summed E-state index contributed by atoms with van der Waals surface area (Å²) in [5.41, 5.74) is -0.102. The van der Waals surface area contributed by atoms with Crippen LogP contribution in [0.5, 0.6) is 0 Å². The Labute approximate surface area is 112 Å². The van der Waals surface area contributed by atoms with E-state index in [4.69, 9.17) is 6.42 Å². The van der Waals surface area contributed by atoms with Crippen molar-refractivity contribution in [2.75, 3.05) is 18.1 Å². The van der Waals surface area contributed by atoms with Crippen molar-refractivity contribution in [1.29, 1.82) is 0 Å². The number of thioether (sulfide) groups is 1. The molecule has 0 aliphatic carbocycles. The smallest absolute Gasteiger partial charge is 0.165 e. The molecule has 2 rings (SSSR count). The summed E-state index contributed by atoms with van der Waals surface area (Å²) in [6.45, 7) is 7.66. The SMILES string of the molecule is C#CCN(Cc1nnnn1C(C)(C)C)C1CSC1. The summed E-state index contributed by atoms with van der Waals surface area (Å²) in [4.78, 5) is 2.28. The maximum absolute atomic E-state index is 5.44. The van der Waals surface area contributed by atoms with Gasteiger partial charge >= 0.3 is 0 Å². The third-order valence-electron chi connectivity index (χ3n) is 2.95. The molecule has 0 radical (unpaired) electrons. The normalized spacial score (nSPS) is 16.6. The molecule has 1 aromatic rings. The Kier molecular flexibility index (Phi) is 3.93. The van der Waals surface area contributed by atoms with E-state index < -0.39 is 0 Å². The summed E-state index contributed by atoms with van der Waals surface area (Å²) < 4.78 is 1.88. The van der Waals surface area contributed by atoms with Crippen LogP contribution in [0.1, 0.15) is 26.6 Å². The quantitative estimate of drug-likeness (QED) is 0.759. The molecule has 18 heavy (non-hydrogen) atoms. The zero-order chi connectivity index (χ0) is 13.2. The lowest BCUT2D eigenvalue weighted by molar-refractivity contribution is 0.218. The van der Waals surface area contributed by atoms with Crippen LogP contribution in [-0.2, 0) is 12.1 Å². The standard InChI is InChI=1S/C12H19N5S/c1-5-6-16(10-8-18-9-10)7-11-13-14-15-17(11)12(2,3)4/h1,10H,6-9H2,2-4H3. The van der Waals surface area contributed by atoms with Gasteiger partial charge in [-0.3, -0.25) is 4.90 Å². The molecule has 2 heterocycles. The van der Waals surface area contributed by atoms with E-state index in [0.717, 1.165) is 23.9 Å². The Hall–Kier alpha value is -1.06. The molecule has 1 saturated heterocycles. The van der Waals surface area contributed by atoms with E-state index in [1.807, 2.05) is 16.4 Å². The zero-order valence-corrected chi connectivity index (χ0v) is 11.9. The van der Waals surface area contributed by atoms with Crippen LogP contribution in [0.4, 0.5) is 0 Å². The van der Waals surface area contributed by atoms with Gasteiger partial charge in [-0.15, -0.1) is 11.5 Å². The molecule has 1 aliphatic heterocycles. The maximum atomic E-state index is 5.44. The minimum absolute atomic E-state index is 0.102. The molecule has 0 atom stereocenters. The summed E-state index contributed by atoms with van der Waals surface area (Å²) in [5.74, 6) is 5.91. The fourth-order valence-corrected chi connectivity index (χ4v) is 2.74. The molecule has 0 N–H and O–H groups in total. The number of tetrazole rings is 1. The number of rotatable bonds is 4. The van der Waals surface area contributed by atoms with Crippen molar-refractivity contribution in [3.8, 4) is 12.3 Å². The van der Waals surface area contributed by atoms with Gasteiger partial charge in [-0.2, -0.15) is 11.8 Å². The van der Waals surface area contributed by atoms with Crippen molar-refractivity contribution in [1.82, 2.24) is 25.1 Å². The highest BCUT2D eigenvalue weighted by Crippen LogP contribution is 2.24. The monoisotopic (exact) mass is 265 g/mol. The van der Waals surface area contributed by atoms with Gasteiger partial charge in [0.1, 0.15) is 0 Å². The Morgan fingerprint density at radius 3 is 2.72 bits per heavy atom. The van der Waals surface area contributed by atoms with Crippen LogP contribution in [0.2, 0.25) is 0 Å². The van der Waals surface area contributed by atoms with E-state index in [1.54, 1.807) is 0 Å². The number of hydrogen-bond acceptors (Lipinski definition) is 5. The maximum Gasteiger partial charge on any atom is 0.165 e. The first kappa shape index (κ1) is 13.4. The molecule has 1 fully saturated rings. The van der Waals surface area contributed by atoms with E-state index in [9.17, 15) is 0 Å². The van der Waals surface area contributed by atoms with Gasteiger partial charge in [0.05, 0.1) is 18.6 Å². The largest absolute Gasteiger partial charge is 0.280 e. The minimum atomic E-state index is -0.102. The lowest BCUT2D eigenvalue weighted by Gasteiger charge is -2.35. The summed E-state index contributed by atoms with van der Waals surface area (Å²) >= 11 is 1.95. The molecular weight excluding hydrogens is 246 g/mol. The highest BCUT2D eigenvalue weighted by Gasteiger charge is 2.28. The van der Waals surface area contributed by atoms with Crippen molar-refractivity contribution < 1.29 is 0 Å². The lowest BCUT2D eigenvalue weighted by Crippen LogP contribution is -2.45. The number of hydrogen-bond donors (Lipinski definition) is 0. The molecule has 1 aliphatic rings. The van der Waals surface area contributed by atoms with E-state index in [-0.39, 0.29) is 5.54 Å². The average molecular weight is 265 g/mol. The second-order valence-corrected chi connectivity index (χ2v) is 6.55. The third kappa shape index (κ3) is 2.85. The summed E-state index contributed by atoms with van der Waals surface area (Å²) in [6.07, 6.45) is 5.44. The van der Waals surface area contributed by atoms with E-state index in [0.29, 0.717) is 12.6 Å². The van der Waals surface area contributed by atoms with Crippen LogP contribution >= 0.6 is 11.8 Å². The van der Waals surface area contributed by atoms with Crippen molar-refractivity contribution >= 4 is 11.8 Å². The van der Waals surface area contributed by atoms with Crippen molar-refractivity contribution in [2.24, 2.45) is 0 Å². The van der Waals surface area contributed by atoms with Gasteiger partial charge in [0.15, 0.2) is 5.82 Å². The van der Waals surface area contributed by atoms with Gasteiger partial charge < -0.3 is 0 Å². The zero-order valence-electron chi connectivity index (χ0n) is 11.1. The number of aromatic nitrogens is 4. The molecule has 0 amide bonds. The van der Waals surface area contributed by atoms with Crippen molar-refractivity contribution in [3.63, 3.8) is 0 Å². The third-order valence-corrected chi connectivity index (χ3v) is 4.19. The number of nitrogens with zero attached hydrogens (tertiary/aromatic N) is 5. The molecular formula is C12H19N5S. The van der Waals surface area contributed by atoms with Gasteiger partial charge in [-0.25, -0.2) is 4.68 Å². The molecule has 1 aromatic heterocycles. The summed E-state index contributed by atoms with van der Waals surface area (Å²) in [7, 11) is 0. The molecule has 0 unspecified atom stereocenters. The second kappa shape index (κ2) is 5.29. The van der Waals surface area contributed by atoms with Crippen molar-refractivity contribution in [2.45, 2.75) is 38.9 Å². The second-order valence-electron chi connectivity index (χ2n) is 5.48. The first-order valence-corrected chi connectivity index (χ1v) is 7.21. The van der Waals surface area contributed by atoms with Crippen LogP contribution in [0.3, 0.4) is 0 Å². The fourth-order valence-electron chi connectivity index (χ4n) is 1.87. The van der Waals surface area contributed by atoms with Crippen LogP contribution in [0, 0.1) is 12.3 Å². The molecule has 5 nitrogen and oxygen atoms in total. The van der Waals surface area contributed by atoms with E-state index >= 15 is 0 Å². The first-order valence-electron chi connectivity index (χ1n) is 6.05. The predicted molar refractivity (Wildman–Crippen MR) is 73.2 cm³/mol. The van der Waals surface area contributed by atoms with Crippen molar-refractivity contribution in [3.05, 3.63) is 5.82 Å². The molecule has 0 bridgehead atoms. The Bertz CT molecular complexity index is 438. The van der Waals surface area contributed by atoms with E-state index in [2.05, 4.69) is 47.1 Å². The highest BCUT2D eigenvalue weighted by atomic mass is 32.2. The van der Waals surface area contributed by atoms with Crippen LogP contribution < -0.4 is 0 Å². The first-order chi connectivity index (χ1) is 8.52. The fraction of sp³-hybridized carbons (Fsp3) is 0.750. The Morgan fingerprint density at radius 1 is 1.50 bits per heavy atom. The molecule has 0 spiro atoms. The van der Waals surface area contributed by atoms with Crippen LogP contribution in [0.25, 0.3) is 0 Å². The van der Waals surface area contributed by atoms with Gasteiger partial charge in [0.2, 0.25) is 0 Å². The molecule has 6 heteroatoms. The van der Waals surface area contributed by atoms with E-state index in [1.165, 1.54) is 0 Å². The molecule has 0 aromatic carbocycles. The summed E-state index contributed by atoms with van der Waals surface area (Å²) in [6, 6.07) is 0.566. The highest BCUT2D eigenvalue weighted by molar-refractivity contribution is 8.00. The van der Waals surface area contributed by atoms with Crippen LogP contribution in [-0.4, -0.2) is 49.2 Å². The Morgan fingerprint density at radius 2 is 2.22 bits per heavy atom. The van der Waals surface area contributed by atoms with Gasteiger partial charge in [0.25, 0.3) is 0 Å². The number of terminal acetylenes is 1. The molecule has 0 saturated carbocycles. The predicted octanol–water partition coefficient (Wildman–Crippen LogP) is 0.979. The molecule has 98 valence electrons. The topological polar surface area (TPSA) is 46.8 Å². The van der Waals surface area contributed by atoms with Gasteiger partial charge in [-0.1, -0.05) is 5.92 Å². The van der Waals surface area contributed by atoms with Gasteiger partial charge in [-0.05, 0) is 31.2 Å². The minimum Gasteiger partial charge on any atom is -0.280 e. The Balaban J connectivity index is 2.11.